The number of nitrogens with one attached hydrogen (secondary N) is 1. The molecule has 5 nitrogen and oxygen atoms in total. The molecule has 0 aliphatic carbocycles. The highest BCUT2D eigenvalue weighted by atomic mass is 32.2. The number of thioether (sulfide) groups is 1. The summed E-state index contributed by atoms with van der Waals surface area (Å²) in [5, 5.41) is 11.6. The number of pyridine rings is 1. The lowest BCUT2D eigenvalue weighted by atomic mass is 10.1. The zero-order chi connectivity index (χ0) is 17.7. The maximum absolute atomic E-state index is 13.0. The minimum Gasteiger partial charge on any atom is -0.376 e. The Balaban J connectivity index is 2.02. The lowest BCUT2D eigenvalue weighted by Gasteiger charge is -2.13. The summed E-state index contributed by atoms with van der Waals surface area (Å²) >= 11 is 0.820. The molecule has 0 saturated carbocycles. The van der Waals surface area contributed by atoms with Gasteiger partial charge in [0.15, 0.2) is 0 Å². The van der Waals surface area contributed by atoms with Crippen LogP contribution in [-0.4, -0.2) is 35.9 Å². The highest BCUT2D eigenvalue weighted by Crippen LogP contribution is 2.35. The second-order valence-electron chi connectivity index (χ2n) is 5.33. The molecule has 0 aromatic carbocycles. The molecule has 1 amide bonds. The topological polar surface area (TPSA) is 75.0 Å². The van der Waals surface area contributed by atoms with Crippen molar-refractivity contribution in [1.82, 2.24) is 10.3 Å². The third-order valence-corrected chi connectivity index (χ3v) is 4.40. The number of rotatable bonds is 5. The van der Waals surface area contributed by atoms with E-state index in [1.165, 1.54) is 6.92 Å². The number of aryl methyl sites for hydroxylation is 1. The number of alkyl halides is 3. The zero-order valence-corrected chi connectivity index (χ0v) is 13.8. The Bertz CT molecular complexity index is 653. The summed E-state index contributed by atoms with van der Waals surface area (Å²) in [5.41, 5.74) is -1.44. The number of hydrogen-bond donors (Lipinski definition) is 1. The molecular weight excluding hydrogens is 343 g/mol. The molecule has 0 bridgehead atoms. The first-order chi connectivity index (χ1) is 11.3. The summed E-state index contributed by atoms with van der Waals surface area (Å²) in [6, 6.07) is 2.38. The average molecular weight is 359 g/mol. The van der Waals surface area contributed by atoms with E-state index in [1.54, 1.807) is 6.07 Å². The Hall–Kier alpha value is -1.79. The van der Waals surface area contributed by atoms with E-state index in [-0.39, 0.29) is 28.5 Å². The van der Waals surface area contributed by atoms with E-state index in [0.717, 1.165) is 30.7 Å². The molecule has 1 aliphatic rings. The van der Waals surface area contributed by atoms with Crippen LogP contribution in [0.4, 0.5) is 13.2 Å². The number of halogens is 3. The van der Waals surface area contributed by atoms with Crippen LogP contribution in [0.5, 0.6) is 0 Å². The predicted molar refractivity (Wildman–Crippen MR) is 81.4 cm³/mol. The van der Waals surface area contributed by atoms with Gasteiger partial charge in [-0.3, -0.25) is 4.79 Å². The maximum Gasteiger partial charge on any atom is 0.417 e. The van der Waals surface area contributed by atoms with Crippen LogP contribution >= 0.6 is 11.8 Å². The number of ether oxygens (including phenoxy) is 1. The second kappa shape index (κ2) is 7.85. The first-order valence-corrected chi connectivity index (χ1v) is 8.30. The van der Waals surface area contributed by atoms with Gasteiger partial charge >= 0.3 is 6.18 Å². The number of carbonyl (C=O) groups is 1. The van der Waals surface area contributed by atoms with Gasteiger partial charge in [-0.2, -0.15) is 18.4 Å². The molecule has 1 fully saturated rings. The first kappa shape index (κ1) is 18.5. The standard InChI is InChI=1S/C15H16F3N3O2S/c1-9-5-12(15(16,17)18)11(6-19)14(21-9)24-8-13(22)20-7-10-3-2-4-23-10/h5,10H,2-4,7-8H2,1H3,(H,20,22)/t10-/m1/s1. The van der Waals surface area contributed by atoms with Gasteiger partial charge in [0.1, 0.15) is 11.1 Å². The molecule has 2 heterocycles. The van der Waals surface area contributed by atoms with Crippen molar-refractivity contribution in [2.75, 3.05) is 18.9 Å². The van der Waals surface area contributed by atoms with E-state index in [0.29, 0.717) is 13.2 Å². The van der Waals surface area contributed by atoms with Crippen molar-refractivity contribution >= 4 is 17.7 Å². The molecule has 0 radical (unpaired) electrons. The van der Waals surface area contributed by atoms with Crippen LogP contribution in [0.2, 0.25) is 0 Å². The van der Waals surface area contributed by atoms with Gasteiger partial charge in [-0.05, 0) is 25.8 Å². The van der Waals surface area contributed by atoms with Crippen molar-refractivity contribution in [3.8, 4) is 6.07 Å². The van der Waals surface area contributed by atoms with Crippen molar-refractivity contribution in [3.63, 3.8) is 0 Å². The number of aromatic nitrogens is 1. The normalized spacial score (nSPS) is 17.5. The van der Waals surface area contributed by atoms with E-state index in [9.17, 15) is 18.0 Å². The third kappa shape index (κ3) is 4.85. The zero-order valence-electron chi connectivity index (χ0n) is 12.9. The lowest BCUT2D eigenvalue weighted by Crippen LogP contribution is -2.32. The number of nitrogens with zero attached hydrogens (tertiary/aromatic N) is 2. The lowest BCUT2D eigenvalue weighted by molar-refractivity contribution is -0.138. The van der Waals surface area contributed by atoms with E-state index >= 15 is 0 Å². The molecule has 1 saturated heterocycles. The van der Waals surface area contributed by atoms with E-state index in [2.05, 4.69) is 10.3 Å². The van der Waals surface area contributed by atoms with Gasteiger partial charge in [0.05, 0.1) is 23.0 Å². The molecule has 1 atom stereocenters. The summed E-state index contributed by atoms with van der Waals surface area (Å²) in [6.07, 6.45) is -2.83. The number of hydrogen-bond acceptors (Lipinski definition) is 5. The Morgan fingerprint density at radius 2 is 2.33 bits per heavy atom. The second-order valence-corrected chi connectivity index (χ2v) is 6.29. The Kier molecular flexibility index (Phi) is 6.07. The highest BCUT2D eigenvalue weighted by molar-refractivity contribution is 8.00. The fourth-order valence-electron chi connectivity index (χ4n) is 2.30. The average Bonchev–Trinajstić information content (AvgIpc) is 3.02. The van der Waals surface area contributed by atoms with Crippen molar-refractivity contribution in [1.29, 1.82) is 5.26 Å². The molecule has 1 N–H and O–H groups in total. The van der Waals surface area contributed by atoms with Gasteiger partial charge in [0.25, 0.3) is 0 Å². The van der Waals surface area contributed by atoms with E-state index in [1.807, 2.05) is 0 Å². The van der Waals surface area contributed by atoms with Gasteiger partial charge in [0.2, 0.25) is 5.91 Å². The maximum atomic E-state index is 13.0. The number of amides is 1. The molecule has 0 spiro atoms. The Labute approximate surface area is 141 Å². The SMILES string of the molecule is Cc1cc(C(F)(F)F)c(C#N)c(SCC(=O)NC[C@H]2CCCO2)n1. The Morgan fingerprint density at radius 3 is 2.92 bits per heavy atom. The fraction of sp³-hybridized carbons (Fsp3) is 0.533. The van der Waals surface area contributed by atoms with Crippen molar-refractivity contribution < 1.29 is 22.7 Å². The van der Waals surface area contributed by atoms with Crippen LogP contribution in [0.1, 0.15) is 29.7 Å². The largest absolute Gasteiger partial charge is 0.417 e. The molecule has 0 unspecified atom stereocenters. The Morgan fingerprint density at radius 1 is 1.58 bits per heavy atom. The first-order valence-electron chi connectivity index (χ1n) is 7.31. The molecular formula is C15H16F3N3O2S. The summed E-state index contributed by atoms with van der Waals surface area (Å²) in [5.74, 6) is -0.453. The molecule has 1 aromatic rings. The van der Waals surface area contributed by atoms with E-state index < -0.39 is 17.3 Å². The molecule has 9 heteroatoms. The van der Waals surface area contributed by atoms with Gasteiger partial charge in [-0.25, -0.2) is 4.98 Å². The summed E-state index contributed by atoms with van der Waals surface area (Å²) in [7, 11) is 0. The van der Waals surface area contributed by atoms with Crippen LogP contribution < -0.4 is 5.32 Å². The highest BCUT2D eigenvalue weighted by Gasteiger charge is 2.35. The smallest absolute Gasteiger partial charge is 0.376 e. The summed E-state index contributed by atoms with van der Waals surface area (Å²) in [6.45, 7) is 2.46. The summed E-state index contributed by atoms with van der Waals surface area (Å²) < 4.78 is 44.4. The predicted octanol–water partition coefficient (Wildman–Crippen LogP) is 2.67. The number of carbonyl (C=O) groups excluding carboxylic acids is 1. The monoisotopic (exact) mass is 359 g/mol. The van der Waals surface area contributed by atoms with E-state index in [4.69, 9.17) is 10.00 Å². The minimum absolute atomic E-state index is 0.0115. The van der Waals surface area contributed by atoms with Crippen LogP contribution in [0.15, 0.2) is 11.1 Å². The molecule has 2 rings (SSSR count). The van der Waals surface area contributed by atoms with Crippen LogP contribution in [0, 0.1) is 18.3 Å². The van der Waals surface area contributed by atoms with Gasteiger partial charge in [-0.1, -0.05) is 11.8 Å². The van der Waals surface area contributed by atoms with Crippen molar-refractivity contribution in [2.24, 2.45) is 0 Å². The van der Waals surface area contributed by atoms with Crippen LogP contribution in [0.3, 0.4) is 0 Å². The van der Waals surface area contributed by atoms with Crippen molar-refractivity contribution in [2.45, 2.75) is 37.1 Å². The van der Waals surface area contributed by atoms with Gasteiger partial charge in [0, 0.05) is 18.8 Å². The molecule has 1 aromatic heterocycles. The molecule has 1 aliphatic heterocycles. The molecule has 24 heavy (non-hydrogen) atoms. The van der Waals surface area contributed by atoms with Crippen molar-refractivity contribution in [3.05, 3.63) is 22.9 Å². The quantitative estimate of drug-likeness (QED) is 0.818. The minimum atomic E-state index is -4.64. The third-order valence-electron chi connectivity index (χ3n) is 3.42. The van der Waals surface area contributed by atoms with Crippen LogP contribution in [-0.2, 0) is 15.7 Å². The van der Waals surface area contributed by atoms with Crippen LogP contribution in [0.25, 0.3) is 0 Å². The summed E-state index contributed by atoms with van der Waals surface area (Å²) in [4.78, 5) is 15.8. The fourth-order valence-corrected chi connectivity index (χ4v) is 3.18. The number of nitriles is 1. The molecule has 130 valence electrons. The van der Waals surface area contributed by atoms with Gasteiger partial charge < -0.3 is 10.1 Å². The van der Waals surface area contributed by atoms with Gasteiger partial charge in [-0.15, -0.1) is 0 Å².